The van der Waals surface area contributed by atoms with Gasteiger partial charge in [-0.05, 0) is 6.42 Å². The van der Waals surface area contributed by atoms with E-state index in [0.29, 0.717) is 6.42 Å². The topological polar surface area (TPSA) is 95.9 Å². The molecule has 0 fully saturated rings. The molecule has 3 N–H and O–H groups in total. The predicted molar refractivity (Wildman–Crippen MR) is 34.6 cm³/mol. The molecule has 0 aliphatic rings. The van der Waals surface area contributed by atoms with Crippen LogP contribution in [0.2, 0.25) is 0 Å². The number of carbonyl (C=O) groups is 2. The zero-order chi connectivity index (χ0) is 8.69. The van der Waals surface area contributed by atoms with Crippen LogP contribution >= 0.6 is 0 Å². The minimum Gasteiger partial charge on any atom is -0.465 e. The standard InChI is InChI=1S/C5H9NO5/c7-4(8)6-2-1-3-11-5(9)10/h6H,1-3H2,(H,7,8)(H,9,10). The van der Waals surface area contributed by atoms with Gasteiger partial charge in [0.25, 0.3) is 0 Å². The van der Waals surface area contributed by atoms with Crippen molar-refractivity contribution in [2.75, 3.05) is 13.2 Å². The van der Waals surface area contributed by atoms with Gasteiger partial charge in [0.1, 0.15) is 0 Å². The van der Waals surface area contributed by atoms with Crippen LogP contribution in [0.1, 0.15) is 6.42 Å². The van der Waals surface area contributed by atoms with Gasteiger partial charge >= 0.3 is 12.2 Å². The predicted octanol–water partition coefficient (Wildman–Crippen LogP) is 0.339. The van der Waals surface area contributed by atoms with Crippen LogP contribution in [0.15, 0.2) is 0 Å². The fourth-order valence-corrected chi connectivity index (χ4v) is 0.427. The lowest BCUT2D eigenvalue weighted by molar-refractivity contribution is 0.0907. The summed E-state index contributed by atoms with van der Waals surface area (Å²) in [6.45, 7) is 0.207. The summed E-state index contributed by atoms with van der Waals surface area (Å²) in [4.78, 5) is 19.6. The second-order valence-corrected chi connectivity index (χ2v) is 1.70. The first-order valence-electron chi connectivity index (χ1n) is 2.95. The molecule has 0 heterocycles. The van der Waals surface area contributed by atoms with Crippen LogP contribution in [0.4, 0.5) is 9.59 Å². The second-order valence-electron chi connectivity index (χ2n) is 1.70. The van der Waals surface area contributed by atoms with Crippen molar-refractivity contribution in [1.82, 2.24) is 5.32 Å². The van der Waals surface area contributed by atoms with Crippen molar-refractivity contribution >= 4 is 12.2 Å². The summed E-state index contributed by atoms with van der Waals surface area (Å²) in [5.74, 6) is 0. The molecular weight excluding hydrogens is 154 g/mol. The molecule has 11 heavy (non-hydrogen) atoms. The molecule has 0 spiro atoms. The maximum Gasteiger partial charge on any atom is 0.505 e. The number of nitrogens with one attached hydrogen (secondary N) is 1. The van der Waals surface area contributed by atoms with Crippen molar-refractivity contribution in [3.8, 4) is 0 Å². The number of hydrogen-bond donors (Lipinski definition) is 3. The number of carboxylic acid groups (broad SMARTS) is 2. The summed E-state index contributed by atoms with van der Waals surface area (Å²) in [5.41, 5.74) is 0. The molecule has 0 saturated carbocycles. The zero-order valence-electron chi connectivity index (χ0n) is 5.74. The highest BCUT2D eigenvalue weighted by Crippen LogP contribution is 1.81. The Kier molecular flexibility index (Phi) is 4.63. The highest BCUT2D eigenvalue weighted by atomic mass is 16.7. The maximum atomic E-state index is 9.83. The van der Waals surface area contributed by atoms with E-state index in [1.807, 2.05) is 0 Å². The monoisotopic (exact) mass is 163 g/mol. The van der Waals surface area contributed by atoms with E-state index in [-0.39, 0.29) is 13.2 Å². The molecule has 0 rings (SSSR count). The molecule has 0 aromatic rings. The van der Waals surface area contributed by atoms with E-state index in [1.165, 1.54) is 0 Å². The van der Waals surface area contributed by atoms with Gasteiger partial charge in [0.15, 0.2) is 0 Å². The third-order valence-electron chi connectivity index (χ3n) is 0.823. The third kappa shape index (κ3) is 8.54. The molecule has 64 valence electrons. The summed E-state index contributed by atoms with van der Waals surface area (Å²) in [7, 11) is 0. The van der Waals surface area contributed by atoms with Crippen molar-refractivity contribution in [2.45, 2.75) is 6.42 Å². The van der Waals surface area contributed by atoms with Gasteiger partial charge in [0.05, 0.1) is 6.61 Å². The quantitative estimate of drug-likeness (QED) is 0.410. The molecule has 0 saturated heterocycles. The second kappa shape index (κ2) is 5.33. The summed E-state index contributed by atoms with van der Waals surface area (Å²) in [6, 6.07) is 0. The van der Waals surface area contributed by atoms with Gasteiger partial charge < -0.3 is 20.3 Å². The van der Waals surface area contributed by atoms with E-state index in [9.17, 15) is 9.59 Å². The van der Waals surface area contributed by atoms with Crippen LogP contribution in [0.25, 0.3) is 0 Å². The molecule has 0 aliphatic heterocycles. The van der Waals surface area contributed by atoms with E-state index in [0.717, 1.165) is 0 Å². The molecule has 0 bridgehead atoms. The Morgan fingerprint density at radius 1 is 1.36 bits per heavy atom. The highest BCUT2D eigenvalue weighted by Gasteiger charge is 1.96. The molecule has 1 amide bonds. The molecule has 0 radical (unpaired) electrons. The molecular formula is C5H9NO5. The van der Waals surface area contributed by atoms with E-state index in [2.05, 4.69) is 10.1 Å². The summed E-state index contributed by atoms with van der Waals surface area (Å²) < 4.78 is 4.11. The van der Waals surface area contributed by atoms with E-state index < -0.39 is 12.2 Å². The van der Waals surface area contributed by atoms with Crippen molar-refractivity contribution in [2.24, 2.45) is 0 Å². The Bertz CT molecular complexity index is 130. The van der Waals surface area contributed by atoms with Crippen LogP contribution < -0.4 is 5.32 Å². The normalized spacial score (nSPS) is 8.73. The van der Waals surface area contributed by atoms with Gasteiger partial charge in [-0.25, -0.2) is 9.59 Å². The van der Waals surface area contributed by atoms with E-state index in [1.54, 1.807) is 0 Å². The zero-order valence-corrected chi connectivity index (χ0v) is 5.74. The lowest BCUT2D eigenvalue weighted by atomic mass is 10.4. The van der Waals surface area contributed by atoms with Crippen LogP contribution in [0.3, 0.4) is 0 Å². The molecule has 0 aromatic heterocycles. The smallest absolute Gasteiger partial charge is 0.465 e. The molecule has 0 atom stereocenters. The first-order valence-corrected chi connectivity index (χ1v) is 2.95. The SMILES string of the molecule is O=C(O)NCCCOC(=O)O. The van der Waals surface area contributed by atoms with E-state index >= 15 is 0 Å². The van der Waals surface area contributed by atoms with Gasteiger partial charge in [-0.15, -0.1) is 0 Å². The van der Waals surface area contributed by atoms with Crippen LogP contribution in [0, 0.1) is 0 Å². The summed E-state index contributed by atoms with van der Waals surface area (Å²) in [5, 5.41) is 18.1. The molecule has 0 aliphatic carbocycles. The largest absolute Gasteiger partial charge is 0.505 e. The van der Waals surface area contributed by atoms with Crippen LogP contribution in [-0.2, 0) is 4.74 Å². The Morgan fingerprint density at radius 3 is 2.45 bits per heavy atom. The highest BCUT2D eigenvalue weighted by molar-refractivity contribution is 5.64. The van der Waals surface area contributed by atoms with Crippen molar-refractivity contribution in [1.29, 1.82) is 0 Å². The summed E-state index contributed by atoms with van der Waals surface area (Å²) in [6.07, 6.45) is -2.13. The minimum absolute atomic E-state index is 0.00954. The van der Waals surface area contributed by atoms with Crippen molar-refractivity contribution < 1.29 is 24.5 Å². The fourth-order valence-electron chi connectivity index (χ4n) is 0.427. The molecule has 0 aromatic carbocycles. The maximum absolute atomic E-state index is 9.83. The van der Waals surface area contributed by atoms with Gasteiger partial charge in [-0.2, -0.15) is 0 Å². The number of ether oxygens (including phenoxy) is 1. The number of amides is 1. The number of hydrogen-bond acceptors (Lipinski definition) is 3. The van der Waals surface area contributed by atoms with Gasteiger partial charge in [0.2, 0.25) is 0 Å². The van der Waals surface area contributed by atoms with Gasteiger partial charge in [-0.1, -0.05) is 0 Å². The molecule has 6 nitrogen and oxygen atoms in total. The minimum atomic E-state index is -1.35. The van der Waals surface area contributed by atoms with Gasteiger partial charge in [-0.3, -0.25) is 0 Å². The van der Waals surface area contributed by atoms with Crippen molar-refractivity contribution in [3.05, 3.63) is 0 Å². The van der Waals surface area contributed by atoms with Crippen LogP contribution in [0.5, 0.6) is 0 Å². The Balaban J connectivity index is 3.03. The third-order valence-corrected chi connectivity index (χ3v) is 0.823. The van der Waals surface area contributed by atoms with E-state index in [4.69, 9.17) is 10.2 Å². The Morgan fingerprint density at radius 2 is 2.00 bits per heavy atom. The Hall–Kier alpha value is -1.46. The Labute approximate surface area is 62.8 Å². The summed E-state index contributed by atoms with van der Waals surface area (Å²) >= 11 is 0. The first-order chi connectivity index (χ1) is 5.13. The van der Waals surface area contributed by atoms with Gasteiger partial charge in [0, 0.05) is 6.54 Å². The fraction of sp³-hybridized carbons (Fsp3) is 0.600. The average Bonchev–Trinajstić information content (AvgIpc) is 1.85. The lowest BCUT2D eigenvalue weighted by Gasteiger charge is -1.99. The van der Waals surface area contributed by atoms with Crippen LogP contribution in [-0.4, -0.2) is 35.6 Å². The lowest BCUT2D eigenvalue weighted by Crippen LogP contribution is -2.23. The van der Waals surface area contributed by atoms with Crippen molar-refractivity contribution in [3.63, 3.8) is 0 Å². The number of rotatable bonds is 4. The average molecular weight is 163 g/mol. The molecule has 0 unspecified atom stereocenters. The molecule has 6 heteroatoms. The first kappa shape index (κ1) is 9.54.